The van der Waals surface area contributed by atoms with Crippen molar-refractivity contribution in [2.24, 2.45) is 11.7 Å². The summed E-state index contributed by atoms with van der Waals surface area (Å²) in [4.78, 5) is 12.0. The summed E-state index contributed by atoms with van der Waals surface area (Å²) in [5, 5.41) is 3.03. The second-order valence-corrected chi connectivity index (χ2v) is 7.81. The van der Waals surface area contributed by atoms with Gasteiger partial charge in [0.25, 0.3) is 0 Å². The summed E-state index contributed by atoms with van der Waals surface area (Å²) >= 11 is 13.3. The molecule has 0 fully saturated rings. The van der Waals surface area contributed by atoms with Crippen LogP contribution in [-0.4, -0.2) is 18.0 Å². The van der Waals surface area contributed by atoms with E-state index in [4.69, 9.17) is 28.9 Å². The van der Waals surface area contributed by atoms with E-state index < -0.39 is 0 Å². The average molecular weight is 337 g/mol. The topological polar surface area (TPSA) is 55.1 Å². The smallest absolute Gasteiger partial charge is 0.220 e. The minimum Gasteiger partial charge on any atom is -0.349 e. The minimum absolute atomic E-state index is 0.0316. The average Bonchev–Trinajstić information content (AvgIpc) is 2.67. The largest absolute Gasteiger partial charge is 0.349 e. The number of aryl methyl sites for hydroxylation is 1. The van der Waals surface area contributed by atoms with E-state index in [2.05, 4.69) is 19.2 Å². The Balaban J connectivity index is 2.42. The zero-order chi connectivity index (χ0) is 15.3. The van der Waals surface area contributed by atoms with Crippen LogP contribution in [0.4, 0.5) is 0 Å². The molecule has 1 amide bonds. The van der Waals surface area contributed by atoms with Crippen LogP contribution in [0.5, 0.6) is 0 Å². The molecule has 1 atom stereocenters. The summed E-state index contributed by atoms with van der Waals surface area (Å²) in [5.74, 6) is 0.325. The summed E-state index contributed by atoms with van der Waals surface area (Å²) in [6.07, 6.45) is 1.97. The Hall–Kier alpha value is -0.290. The highest BCUT2D eigenvalue weighted by Crippen LogP contribution is 2.32. The first-order chi connectivity index (χ1) is 9.28. The number of thiophene rings is 1. The van der Waals surface area contributed by atoms with Crippen LogP contribution in [0.1, 0.15) is 39.2 Å². The standard InChI is InChI=1S/C14H22Cl2N2OS/c1-9(2)14(3,8-17)18-12(19)6-4-5-10-7-11(15)20-13(10)16/h7,9H,4-6,8,17H2,1-3H3,(H,18,19). The second kappa shape index (κ2) is 7.64. The van der Waals surface area contributed by atoms with Crippen LogP contribution in [0.3, 0.4) is 0 Å². The number of hydrogen-bond acceptors (Lipinski definition) is 3. The molecule has 6 heteroatoms. The molecule has 0 spiro atoms. The molecule has 3 nitrogen and oxygen atoms in total. The van der Waals surface area contributed by atoms with E-state index in [9.17, 15) is 4.79 Å². The predicted molar refractivity (Wildman–Crippen MR) is 87.7 cm³/mol. The Kier molecular flexibility index (Phi) is 6.79. The molecule has 1 aromatic heterocycles. The molecule has 0 aliphatic heterocycles. The summed E-state index contributed by atoms with van der Waals surface area (Å²) in [5.41, 5.74) is 6.42. The number of carbonyl (C=O) groups is 1. The lowest BCUT2D eigenvalue weighted by Gasteiger charge is -2.33. The van der Waals surface area contributed by atoms with Gasteiger partial charge in [0, 0.05) is 13.0 Å². The first kappa shape index (κ1) is 17.8. The van der Waals surface area contributed by atoms with E-state index in [1.807, 2.05) is 13.0 Å². The van der Waals surface area contributed by atoms with Crippen LogP contribution in [0, 0.1) is 5.92 Å². The van der Waals surface area contributed by atoms with Crippen LogP contribution in [0.15, 0.2) is 6.07 Å². The van der Waals surface area contributed by atoms with Gasteiger partial charge in [0.05, 0.1) is 14.2 Å². The van der Waals surface area contributed by atoms with Crippen molar-refractivity contribution in [3.05, 3.63) is 20.3 Å². The summed E-state index contributed by atoms with van der Waals surface area (Å²) in [7, 11) is 0. The fourth-order valence-corrected chi connectivity index (χ4v) is 3.34. The number of rotatable bonds is 7. The van der Waals surface area contributed by atoms with Crippen molar-refractivity contribution in [2.75, 3.05) is 6.54 Å². The predicted octanol–water partition coefficient (Wildman–Crippen LogP) is 3.87. The summed E-state index contributed by atoms with van der Waals surface area (Å²) in [6, 6.07) is 1.87. The molecule has 114 valence electrons. The fourth-order valence-electron chi connectivity index (χ4n) is 1.80. The van der Waals surface area contributed by atoms with Crippen molar-refractivity contribution in [3.8, 4) is 0 Å². The summed E-state index contributed by atoms with van der Waals surface area (Å²) < 4.78 is 1.40. The van der Waals surface area contributed by atoms with Crippen molar-refractivity contribution in [1.82, 2.24) is 5.32 Å². The second-order valence-electron chi connectivity index (χ2n) is 5.53. The van der Waals surface area contributed by atoms with Gasteiger partial charge in [-0.3, -0.25) is 4.79 Å². The van der Waals surface area contributed by atoms with E-state index in [1.54, 1.807) is 0 Å². The van der Waals surface area contributed by atoms with Crippen LogP contribution in [0.25, 0.3) is 0 Å². The van der Waals surface area contributed by atoms with Gasteiger partial charge in [-0.25, -0.2) is 0 Å². The summed E-state index contributed by atoms with van der Waals surface area (Å²) in [6.45, 7) is 6.52. The third-order valence-corrected chi connectivity index (χ3v) is 5.27. The van der Waals surface area contributed by atoms with Crippen molar-refractivity contribution in [1.29, 1.82) is 0 Å². The first-order valence-electron chi connectivity index (χ1n) is 6.73. The number of carbonyl (C=O) groups excluding carboxylic acids is 1. The van der Waals surface area contributed by atoms with Gasteiger partial charge in [-0.2, -0.15) is 0 Å². The normalized spacial score (nSPS) is 14.3. The van der Waals surface area contributed by atoms with Gasteiger partial charge in [-0.15, -0.1) is 11.3 Å². The van der Waals surface area contributed by atoms with E-state index in [0.717, 1.165) is 18.4 Å². The SMILES string of the molecule is CC(C)C(C)(CN)NC(=O)CCCc1cc(Cl)sc1Cl. The Morgan fingerprint density at radius 1 is 1.50 bits per heavy atom. The molecule has 1 heterocycles. The molecule has 0 bridgehead atoms. The lowest BCUT2D eigenvalue weighted by atomic mass is 9.88. The van der Waals surface area contributed by atoms with E-state index in [-0.39, 0.29) is 11.4 Å². The van der Waals surface area contributed by atoms with Crippen molar-refractivity contribution in [3.63, 3.8) is 0 Å². The molecule has 0 radical (unpaired) electrons. The van der Waals surface area contributed by atoms with Crippen molar-refractivity contribution < 1.29 is 4.79 Å². The quantitative estimate of drug-likeness (QED) is 0.794. The van der Waals surface area contributed by atoms with Crippen LogP contribution in [0.2, 0.25) is 8.67 Å². The lowest BCUT2D eigenvalue weighted by Crippen LogP contribution is -2.54. The molecule has 1 unspecified atom stereocenters. The maximum absolute atomic E-state index is 12.0. The number of amides is 1. The van der Waals surface area contributed by atoms with Gasteiger partial charge < -0.3 is 11.1 Å². The Morgan fingerprint density at radius 2 is 2.15 bits per heavy atom. The number of hydrogen-bond donors (Lipinski definition) is 2. The zero-order valence-corrected chi connectivity index (χ0v) is 14.5. The Bertz CT molecular complexity index is 462. The maximum Gasteiger partial charge on any atom is 0.220 e. The highest BCUT2D eigenvalue weighted by atomic mass is 35.5. The lowest BCUT2D eigenvalue weighted by molar-refractivity contribution is -0.123. The molecule has 0 saturated heterocycles. The third kappa shape index (κ3) is 4.92. The third-order valence-electron chi connectivity index (χ3n) is 3.70. The van der Waals surface area contributed by atoms with Crippen LogP contribution < -0.4 is 11.1 Å². The van der Waals surface area contributed by atoms with Gasteiger partial charge in [0.1, 0.15) is 0 Å². The number of halogens is 2. The van der Waals surface area contributed by atoms with E-state index in [1.165, 1.54) is 11.3 Å². The molecule has 0 aromatic carbocycles. The number of nitrogens with one attached hydrogen (secondary N) is 1. The maximum atomic E-state index is 12.0. The molecule has 3 N–H and O–H groups in total. The molecular weight excluding hydrogens is 315 g/mol. The van der Waals surface area contributed by atoms with Crippen LogP contribution >= 0.6 is 34.5 Å². The zero-order valence-electron chi connectivity index (χ0n) is 12.1. The van der Waals surface area contributed by atoms with Crippen LogP contribution in [-0.2, 0) is 11.2 Å². The molecule has 0 saturated carbocycles. The van der Waals surface area contributed by atoms with Gasteiger partial charge in [-0.1, -0.05) is 37.0 Å². The molecular formula is C14H22Cl2N2OS. The molecule has 1 aromatic rings. The Labute approximate surface area is 134 Å². The molecule has 0 aliphatic rings. The van der Waals surface area contributed by atoms with Gasteiger partial charge in [0.15, 0.2) is 0 Å². The van der Waals surface area contributed by atoms with Crippen molar-refractivity contribution >= 4 is 40.4 Å². The first-order valence-corrected chi connectivity index (χ1v) is 8.30. The van der Waals surface area contributed by atoms with Crippen molar-refractivity contribution in [2.45, 2.75) is 45.6 Å². The number of nitrogens with two attached hydrogens (primary N) is 1. The molecule has 0 aliphatic carbocycles. The van der Waals surface area contributed by atoms with Gasteiger partial charge in [-0.05, 0) is 37.3 Å². The van der Waals surface area contributed by atoms with Gasteiger partial charge >= 0.3 is 0 Å². The highest BCUT2D eigenvalue weighted by molar-refractivity contribution is 7.20. The van der Waals surface area contributed by atoms with E-state index >= 15 is 0 Å². The molecule has 20 heavy (non-hydrogen) atoms. The molecule has 1 rings (SSSR count). The monoisotopic (exact) mass is 336 g/mol. The minimum atomic E-state index is -0.347. The van der Waals surface area contributed by atoms with Gasteiger partial charge in [0.2, 0.25) is 5.91 Å². The fraction of sp³-hybridized carbons (Fsp3) is 0.643. The van der Waals surface area contributed by atoms with E-state index in [0.29, 0.717) is 27.6 Å². The highest BCUT2D eigenvalue weighted by Gasteiger charge is 2.28. The Morgan fingerprint density at radius 3 is 2.60 bits per heavy atom.